The van der Waals surface area contributed by atoms with Gasteiger partial charge in [-0.05, 0) is 31.6 Å². The average molecular weight is 226 g/mol. The van der Waals surface area contributed by atoms with Crippen molar-refractivity contribution in [1.29, 1.82) is 0 Å². The number of rotatable bonds is 5. The van der Waals surface area contributed by atoms with Crippen molar-refractivity contribution in [2.24, 2.45) is 11.7 Å². The number of amides is 1. The Kier molecular flexibility index (Phi) is 3.82. The van der Waals surface area contributed by atoms with E-state index in [-0.39, 0.29) is 18.1 Å². The first-order valence-corrected chi connectivity index (χ1v) is 6.40. The third kappa shape index (κ3) is 2.74. The third-order valence-electron chi connectivity index (χ3n) is 3.57. The Morgan fingerprint density at radius 2 is 2.31 bits per heavy atom. The molecule has 2 aliphatic rings. The van der Waals surface area contributed by atoms with E-state index in [1.807, 2.05) is 0 Å². The van der Waals surface area contributed by atoms with Gasteiger partial charge in [0.25, 0.3) is 0 Å². The second kappa shape index (κ2) is 5.15. The minimum Gasteiger partial charge on any atom is -0.364 e. The topological polar surface area (TPSA) is 64.4 Å². The summed E-state index contributed by atoms with van der Waals surface area (Å²) in [5, 5.41) is 3.07. The molecule has 0 aromatic rings. The molecule has 2 fully saturated rings. The quantitative estimate of drug-likeness (QED) is 0.728. The van der Waals surface area contributed by atoms with Crippen LogP contribution in [0.3, 0.4) is 0 Å². The highest BCUT2D eigenvalue weighted by atomic mass is 16.5. The molecule has 3 N–H and O–H groups in total. The van der Waals surface area contributed by atoms with Crippen molar-refractivity contribution >= 4 is 5.91 Å². The van der Waals surface area contributed by atoms with Gasteiger partial charge in [-0.15, -0.1) is 0 Å². The van der Waals surface area contributed by atoms with E-state index >= 15 is 0 Å². The molecule has 1 amide bonds. The summed E-state index contributed by atoms with van der Waals surface area (Å²) in [5.74, 6) is 0.778. The molecule has 1 aliphatic carbocycles. The van der Waals surface area contributed by atoms with Crippen LogP contribution in [0.2, 0.25) is 0 Å². The molecule has 4 nitrogen and oxygen atoms in total. The van der Waals surface area contributed by atoms with E-state index in [4.69, 9.17) is 10.5 Å². The number of nitrogens with one attached hydrogen (secondary N) is 1. The highest BCUT2D eigenvalue weighted by Crippen LogP contribution is 2.34. The van der Waals surface area contributed by atoms with E-state index in [0.717, 1.165) is 19.3 Å². The standard InChI is InChI=1S/C12H22N2O2/c1-2-3-8-6-10(8)14-12(15)11-5-4-9(7-13)16-11/h8-11H,2-7,13H2,1H3,(H,14,15). The molecule has 0 aromatic heterocycles. The predicted octanol–water partition coefficient (Wildman–Crippen LogP) is 0.797. The normalized spacial score (nSPS) is 37.4. The van der Waals surface area contributed by atoms with Gasteiger partial charge < -0.3 is 15.8 Å². The second-order valence-electron chi connectivity index (χ2n) is 4.96. The maximum atomic E-state index is 11.8. The van der Waals surface area contributed by atoms with Gasteiger partial charge in [-0.25, -0.2) is 0 Å². The van der Waals surface area contributed by atoms with Crippen LogP contribution in [0.1, 0.15) is 39.0 Å². The molecule has 0 aromatic carbocycles. The monoisotopic (exact) mass is 226 g/mol. The van der Waals surface area contributed by atoms with E-state index in [1.165, 1.54) is 12.8 Å². The lowest BCUT2D eigenvalue weighted by atomic mass is 10.2. The lowest BCUT2D eigenvalue weighted by Gasteiger charge is -2.12. The van der Waals surface area contributed by atoms with Crippen molar-refractivity contribution in [1.82, 2.24) is 5.32 Å². The molecule has 1 saturated heterocycles. The van der Waals surface area contributed by atoms with Crippen molar-refractivity contribution in [3.05, 3.63) is 0 Å². The first-order chi connectivity index (χ1) is 7.74. The Morgan fingerprint density at radius 3 is 2.94 bits per heavy atom. The molecule has 1 heterocycles. The lowest BCUT2D eigenvalue weighted by Crippen LogP contribution is -2.37. The van der Waals surface area contributed by atoms with Crippen LogP contribution in [0.25, 0.3) is 0 Å². The van der Waals surface area contributed by atoms with Crippen LogP contribution in [-0.2, 0) is 9.53 Å². The molecule has 1 saturated carbocycles. The number of hydrogen-bond acceptors (Lipinski definition) is 3. The van der Waals surface area contributed by atoms with E-state index in [9.17, 15) is 4.79 Å². The summed E-state index contributed by atoms with van der Waals surface area (Å²) in [6, 6.07) is 0.410. The number of carbonyl (C=O) groups is 1. The number of carbonyl (C=O) groups excluding carboxylic acids is 1. The molecule has 2 rings (SSSR count). The zero-order valence-electron chi connectivity index (χ0n) is 9.95. The molecule has 4 heteroatoms. The van der Waals surface area contributed by atoms with Crippen molar-refractivity contribution in [3.8, 4) is 0 Å². The van der Waals surface area contributed by atoms with Gasteiger partial charge in [0.05, 0.1) is 6.10 Å². The van der Waals surface area contributed by atoms with Crippen LogP contribution < -0.4 is 11.1 Å². The van der Waals surface area contributed by atoms with Crippen LogP contribution >= 0.6 is 0 Å². The van der Waals surface area contributed by atoms with Crippen molar-refractivity contribution in [2.75, 3.05) is 6.54 Å². The zero-order chi connectivity index (χ0) is 11.5. The van der Waals surface area contributed by atoms with Gasteiger partial charge >= 0.3 is 0 Å². The van der Waals surface area contributed by atoms with E-state index in [0.29, 0.717) is 18.5 Å². The first kappa shape index (κ1) is 11.9. The Labute approximate surface area is 96.9 Å². The van der Waals surface area contributed by atoms with Gasteiger partial charge in [-0.1, -0.05) is 13.3 Å². The maximum absolute atomic E-state index is 11.8. The van der Waals surface area contributed by atoms with Gasteiger partial charge in [0.15, 0.2) is 0 Å². The molecule has 1 aliphatic heterocycles. The van der Waals surface area contributed by atoms with Gasteiger partial charge in [-0.3, -0.25) is 4.79 Å². The molecule has 0 spiro atoms. The number of ether oxygens (including phenoxy) is 1. The molecule has 4 atom stereocenters. The van der Waals surface area contributed by atoms with Crippen molar-refractivity contribution in [3.63, 3.8) is 0 Å². The van der Waals surface area contributed by atoms with Crippen LogP contribution in [0.5, 0.6) is 0 Å². The third-order valence-corrected chi connectivity index (χ3v) is 3.57. The molecule has 16 heavy (non-hydrogen) atoms. The van der Waals surface area contributed by atoms with Crippen molar-refractivity contribution in [2.45, 2.75) is 57.3 Å². The maximum Gasteiger partial charge on any atom is 0.249 e. The molecule has 92 valence electrons. The average Bonchev–Trinajstić information content (AvgIpc) is 2.84. The Balaban J connectivity index is 1.69. The second-order valence-corrected chi connectivity index (χ2v) is 4.96. The molecular weight excluding hydrogens is 204 g/mol. The van der Waals surface area contributed by atoms with E-state index < -0.39 is 0 Å². The van der Waals surface area contributed by atoms with Crippen LogP contribution in [0.4, 0.5) is 0 Å². The van der Waals surface area contributed by atoms with E-state index in [2.05, 4.69) is 12.2 Å². The summed E-state index contributed by atoms with van der Waals surface area (Å²) >= 11 is 0. The highest BCUT2D eigenvalue weighted by Gasteiger charge is 2.39. The summed E-state index contributed by atoms with van der Waals surface area (Å²) < 4.78 is 5.56. The first-order valence-electron chi connectivity index (χ1n) is 6.40. The summed E-state index contributed by atoms with van der Waals surface area (Å²) in [6.45, 7) is 2.70. The Hall–Kier alpha value is -0.610. The highest BCUT2D eigenvalue weighted by molar-refractivity contribution is 5.81. The molecule has 4 unspecified atom stereocenters. The van der Waals surface area contributed by atoms with Crippen LogP contribution in [-0.4, -0.2) is 30.7 Å². The van der Waals surface area contributed by atoms with Crippen LogP contribution in [0, 0.1) is 5.92 Å². The summed E-state index contributed by atoms with van der Waals surface area (Å²) in [4.78, 5) is 11.8. The summed E-state index contributed by atoms with van der Waals surface area (Å²) in [5.41, 5.74) is 5.51. The van der Waals surface area contributed by atoms with Gasteiger partial charge in [0.2, 0.25) is 5.91 Å². The minimum atomic E-state index is -0.253. The lowest BCUT2D eigenvalue weighted by molar-refractivity contribution is -0.132. The SMILES string of the molecule is CCCC1CC1NC(=O)C1CCC(CN)O1. The largest absolute Gasteiger partial charge is 0.364 e. The molecule has 0 bridgehead atoms. The Morgan fingerprint density at radius 1 is 1.50 bits per heavy atom. The van der Waals surface area contributed by atoms with Gasteiger partial charge in [-0.2, -0.15) is 0 Å². The minimum absolute atomic E-state index is 0.0690. The summed E-state index contributed by atoms with van der Waals surface area (Å²) in [7, 11) is 0. The fraction of sp³-hybridized carbons (Fsp3) is 0.917. The predicted molar refractivity (Wildman–Crippen MR) is 61.9 cm³/mol. The van der Waals surface area contributed by atoms with Crippen molar-refractivity contribution < 1.29 is 9.53 Å². The summed E-state index contributed by atoms with van der Waals surface area (Å²) in [6.07, 6.45) is 5.13. The van der Waals surface area contributed by atoms with Gasteiger partial charge in [0.1, 0.15) is 6.10 Å². The number of nitrogens with two attached hydrogens (primary N) is 1. The smallest absolute Gasteiger partial charge is 0.249 e. The molecule has 0 radical (unpaired) electrons. The zero-order valence-corrected chi connectivity index (χ0v) is 9.95. The fourth-order valence-electron chi connectivity index (χ4n) is 2.46. The number of hydrogen-bond donors (Lipinski definition) is 2. The molecular formula is C12H22N2O2. The van der Waals surface area contributed by atoms with Gasteiger partial charge in [0, 0.05) is 12.6 Å². The Bertz CT molecular complexity index is 257. The fourth-order valence-corrected chi connectivity index (χ4v) is 2.46. The van der Waals surface area contributed by atoms with Crippen LogP contribution in [0.15, 0.2) is 0 Å². The van der Waals surface area contributed by atoms with E-state index in [1.54, 1.807) is 0 Å².